The number of hydrogen-bond acceptors (Lipinski definition) is 5. The van der Waals surface area contributed by atoms with Crippen LogP contribution in [0.1, 0.15) is 20.7 Å². The van der Waals surface area contributed by atoms with Gasteiger partial charge in [0.05, 0.1) is 6.61 Å². The Hall–Kier alpha value is -2.99. The predicted octanol–water partition coefficient (Wildman–Crippen LogP) is 1.20. The van der Waals surface area contributed by atoms with Crippen LogP contribution in [0.5, 0.6) is 0 Å². The highest BCUT2D eigenvalue weighted by Crippen LogP contribution is 2.02. The second-order valence-corrected chi connectivity index (χ2v) is 4.97. The molecule has 0 heterocycles. The van der Waals surface area contributed by atoms with Crippen LogP contribution in [0.15, 0.2) is 60.7 Å². The minimum atomic E-state index is -1.23. The molecule has 24 heavy (non-hydrogen) atoms. The van der Waals surface area contributed by atoms with Crippen molar-refractivity contribution in [3.63, 3.8) is 0 Å². The number of Topliss-reactive ketones (excluding diaryl/α,β-unsaturated/α-hetero) is 1. The van der Waals surface area contributed by atoms with E-state index in [1.54, 1.807) is 60.7 Å². The van der Waals surface area contributed by atoms with Crippen LogP contribution in [0.2, 0.25) is 0 Å². The summed E-state index contributed by atoms with van der Waals surface area (Å²) in [6.07, 6.45) is 0. The summed E-state index contributed by atoms with van der Waals surface area (Å²) in [5.41, 5.74) is 0.767. The molecule has 0 aliphatic heterocycles. The molecule has 124 valence electrons. The lowest BCUT2D eigenvalue weighted by atomic mass is 10.1. The van der Waals surface area contributed by atoms with Crippen LogP contribution in [0.3, 0.4) is 0 Å². The zero-order valence-electron chi connectivity index (χ0n) is 12.8. The van der Waals surface area contributed by atoms with Gasteiger partial charge in [0.1, 0.15) is 0 Å². The average molecular weight is 327 g/mol. The van der Waals surface area contributed by atoms with Crippen LogP contribution in [0.25, 0.3) is 0 Å². The monoisotopic (exact) mass is 327 g/mol. The van der Waals surface area contributed by atoms with Gasteiger partial charge in [0.15, 0.2) is 18.4 Å². The fraction of sp³-hybridized carbons (Fsp3) is 0.167. The number of amides is 1. The smallest absolute Gasteiger partial charge is 0.331 e. The first-order valence-electron chi connectivity index (χ1n) is 7.33. The van der Waals surface area contributed by atoms with E-state index >= 15 is 0 Å². The number of nitrogens with one attached hydrogen (secondary N) is 1. The van der Waals surface area contributed by atoms with Gasteiger partial charge >= 0.3 is 5.97 Å². The van der Waals surface area contributed by atoms with E-state index in [9.17, 15) is 19.5 Å². The summed E-state index contributed by atoms with van der Waals surface area (Å²) < 4.78 is 4.88. The van der Waals surface area contributed by atoms with Crippen LogP contribution in [-0.2, 0) is 9.53 Å². The number of aliphatic hydroxyl groups is 1. The Labute approximate surface area is 139 Å². The first-order chi connectivity index (χ1) is 11.6. The van der Waals surface area contributed by atoms with Gasteiger partial charge in [-0.1, -0.05) is 48.5 Å². The molecule has 2 rings (SSSR count). The summed E-state index contributed by atoms with van der Waals surface area (Å²) in [4.78, 5) is 35.8. The standard InChI is InChI=1S/C18H17NO5/c20-11-15(19-17(22)14-9-5-2-6-10-14)18(23)24-12-16(21)13-7-3-1-4-8-13/h1-10,15,20H,11-12H2,(H,19,22)/t15-/m0/s1. The second-order valence-electron chi connectivity index (χ2n) is 4.97. The molecule has 2 aromatic rings. The van der Waals surface area contributed by atoms with Gasteiger partial charge in [0, 0.05) is 11.1 Å². The maximum Gasteiger partial charge on any atom is 0.331 e. The van der Waals surface area contributed by atoms with E-state index in [2.05, 4.69) is 5.32 Å². The lowest BCUT2D eigenvalue weighted by molar-refractivity contribution is -0.145. The van der Waals surface area contributed by atoms with E-state index in [4.69, 9.17) is 4.74 Å². The van der Waals surface area contributed by atoms with Gasteiger partial charge in [-0.05, 0) is 12.1 Å². The number of esters is 1. The molecule has 0 spiro atoms. The molecule has 1 amide bonds. The van der Waals surface area contributed by atoms with Crippen LogP contribution >= 0.6 is 0 Å². The number of carbonyl (C=O) groups excluding carboxylic acids is 3. The highest BCUT2D eigenvalue weighted by molar-refractivity contribution is 5.99. The lowest BCUT2D eigenvalue weighted by Gasteiger charge is -2.15. The first kappa shape index (κ1) is 17.4. The Balaban J connectivity index is 1.89. The molecular weight excluding hydrogens is 310 g/mol. The van der Waals surface area contributed by atoms with E-state index in [1.807, 2.05) is 0 Å². The van der Waals surface area contributed by atoms with Crippen LogP contribution in [0.4, 0.5) is 0 Å². The van der Waals surface area contributed by atoms with Crippen molar-refractivity contribution < 1.29 is 24.2 Å². The fourth-order valence-electron chi connectivity index (χ4n) is 1.95. The van der Waals surface area contributed by atoms with Crippen molar-refractivity contribution in [3.8, 4) is 0 Å². The molecule has 0 unspecified atom stereocenters. The van der Waals surface area contributed by atoms with Gasteiger partial charge in [-0.15, -0.1) is 0 Å². The molecule has 2 aromatic carbocycles. The molecule has 0 saturated carbocycles. The van der Waals surface area contributed by atoms with Crippen molar-refractivity contribution in [2.24, 2.45) is 0 Å². The fourth-order valence-corrected chi connectivity index (χ4v) is 1.95. The van der Waals surface area contributed by atoms with E-state index in [0.29, 0.717) is 11.1 Å². The Morgan fingerprint density at radius 3 is 2.00 bits per heavy atom. The van der Waals surface area contributed by atoms with Crippen LogP contribution in [-0.4, -0.2) is 42.0 Å². The number of ether oxygens (including phenoxy) is 1. The Kier molecular flexibility index (Phi) is 6.22. The van der Waals surface area contributed by atoms with Gasteiger partial charge in [0.25, 0.3) is 5.91 Å². The number of ketones is 1. The molecule has 0 radical (unpaired) electrons. The SMILES string of the molecule is O=C(COC(=O)[C@H](CO)NC(=O)c1ccccc1)c1ccccc1. The van der Waals surface area contributed by atoms with E-state index in [-0.39, 0.29) is 5.78 Å². The Morgan fingerprint density at radius 2 is 1.46 bits per heavy atom. The largest absolute Gasteiger partial charge is 0.456 e. The van der Waals surface area contributed by atoms with Gasteiger partial charge in [-0.25, -0.2) is 4.79 Å². The molecule has 6 heteroatoms. The number of carbonyl (C=O) groups is 3. The van der Waals surface area contributed by atoms with Gasteiger partial charge in [-0.3, -0.25) is 9.59 Å². The molecule has 0 aromatic heterocycles. The topological polar surface area (TPSA) is 92.7 Å². The predicted molar refractivity (Wildman–Crippen MR) is 86.5 cm³/mol. The van der Waals surface area contributed by atoms with Crippen molar-refractivity contribution >= 4 is 17.7 Å². The average Bonchev–Trinajstić information content (AvgIpc) is 2.65. The Bertz CT molecular complexity index is 700. The van der Waals surface area contributed by atoms with Crippen molar-refractivity contribution in [1.29, 1.82) is 0 Å². The summed E-state index contributed by atoms with van der Waals surface area (Å²) in [6.45, 7) is -1.09. The first-order valence-corrected chi connectivity index (χ1v) is 7.33. The van der Waals surface area contributed by atoms with Crippen LogP contribution < -0.4 is 5.32 Å². The molecule has 0 saturated heterocycles. The minimum absolute atomic E-state index is 0.351. The highest BCUT2D eigenvalue weighted by atomic mass is 16.5. The molecule has 0 fully saturated rings. The lowest BCUT2D eigenvalue weighted by Crippen LogP contribution is -2.44. The molecule has 2 N–H and O–H groups in total. The van der Waals surface area contributed by atoms with E-state index in [0.717, 1.165) is 0 Å². The maximum absolute atomic E-state index is 12.0. The summed E-state index contributed by atoms with van der Waals surface area (Å²) in [6, 6.07) is 15.4. The van der Waals surface area contributed by atoms with Crippen LogP contribution in [0, 0.1) is 0 Å². The third-order valence-electron chi connectivity index (χ3n) is 3.25. The van der Waals surface area contributed by atoms with Crippen molar-refractivity contribution in [3.05, 3.63) is 71.8 Å². The Morgan fingerprint density at radius 1 is 0.917 bits per heavy atom. The zero-order chi connectivity index (χ0) is 17.4. The summed E-state index contributed by atoms with van der Waals surface area (Å²) in [7, 11) is 0. The van der Waals surface area contributed by atoms with Crippen molar-refractivity contribution in [2.45, 2.75) is 6.04 Å². The summed E-state index contributed by atoms with van der Waals surface area (Å²) in [5, 5.41) is 11.6. The van der Waals surface area contributed by atoms with Crippen molar-refractivity contribution in [1.82, 2.24) is 5.32 Å². The van der Waals surface area contributed by atoms with Gasteiger partial charge in [0.2, 0.25) is 0 Å². The third kappa shape index (κ3) is 4.76. The summed E-state index contributed by atoms with van der Waals surface area (Å²) >= 11 is 0. The number of benzene rings is 2. The quantitative estimate of drug-likeness (QED) is 0.589. The number of aliphatic hydroxyl groups excluding tert-OH is 1. The molecule has 6 nitrogen and oxygen atoms in total. The molecule has 0 bridgehead atoms. The van der Waals surface area contributed by atoms with Gasteiger partial charge < -0.3 is 15.2 Å². The second kappa shape index (κ2) is 8.59. The maximum atomic E-state index is 12.0. The number of hydrogen-bond donors (Lipinski definition) is 2. The third-order valence-corrected chi connectivity index (χ3v) is 3.25. The van der Waals surface area contributed by atoms with E-state index in [1.165, 1.54) is 0 Å². The summed E-state index contributed by atoms with van der Waals surface area (Å²) in [5.74, 6) is -1.75. The van der Waals surface area contributed by atoms with Crippen molar-refractivity contribution in [2.75, 3.05) is 13.2 Å². The van der Waals surface area contributed by atoms with E-state index < -0.39 is 31.1 Å². The molecule has 0 aliphatic rings. The van der Waals surface area contributed by atoms with Gasteiger partial charge in [-0.2, -0.15) is 0 Å². The molecule has 1 atom stereocenters. The minimum Gasteiger partial charge on any atom is -0.456 e. The molecular formula is C18H17NO5. The molecule has 0 aliphatic carbocycles. The number of rotatable bonds is 7. The normalized spacial score (nSPS) is 11.4. The highest BCUT2D eigenvalue weighted by Gasteiger charge is 2.23. The zero-order valence-corrected chi connectivity index (χ0v) is 12.8.